The first kappa shape index (κ1) is 24.3. The molecule has 1 aromatic heterocycles. The average molecular weight is 520 g/mol. The Bertz CT molecular complexity index is 632. The normalized spacial score (nSPS) is 20.8. The van der Waals surface area contributed by atoms with E-state index in [1.807, 2.05) is 11.7 Å². The molecule has 2 aliphatic rings. The second-order valence-electron chi connectivity index (χ2n) is 7.77. The van der Waals surface area contributed by atoms with Gasteiger partial charge in [-0.05, 0) is 38.5 Å². The molecule has 1 fully saturated rings. The van der Waals surface area contributed by atoms with Crippen LogP contribution in [-0.2, 0) is 29.0 Å². The molecule has 2 unspecified atom stereocenters. The van der Waals surface area contributed by atoms with Gasteiger partial charge in [0.25, 0.3) is 0 Å². The van der Waals surface area contributed by atoms with Gasteiger partial charge in [-0.25, -0.2) is 9.67 Å². The lowest BCUT2D eigenvalue weighted by Gasteiger charge is -2.26. The second kappa shape index (κ2) is 12.7. The molecule has 0 saturated heterocycles. The molecule has 0 aromatic carbocycles. The van der Waals surface area contributed by atoms with Gasteiger partial charge < -0.3 is 20.1 Å². The Balaban J connectivity index is 0.00000300. The number of aromatic nitrogens is 3. The molecule has 1 aliphatic heterocycles. The molecule has 1 saturated carbocycles. The van der Waals surface area contributed by atoms with Crippen LogP contribution in [0.3, 0.4) is 0 Å². The molecule has 0 bridgehead atoms. The van der Waals surface area contributed by atoms with Gasteiger partial charge in [0.1, 0.15) is 12.4 Å². The van der Waals surface area contributed by atoms with Crippen molar-refractivity contribution in [3.63, 3.8) is 0 Å². The van der Waals surface area contributed by atoms with Crippen LogP contribution in [0, 0.1) is 5.92 Å². The number of halogens is 1. The van der Waals surface area contributed by atoms with Crippen molar-refractivity contribution in [3.05, 3.63) is 11.6 Å². The Morgan fingerprint density at radius 1 is 1.31 bits per heavy atom. The Morgan fingerprint density at radius 3 is 2.79 bits per heavy atom. The maximum atomic E-state index is 6.02. The van der Waals surface area contributed by atoms with E-state index >= 15 is 0 Å². The van der Waals surface area contributed by atoms with Crippen molar-refractivity contribution in [2.24, 2.45) is 10.9 Å². The maximum absolute atomic E-state index is 6.02. The minimum atomic E-state index is 0. The van der Waals surface area contributed by atoms with E-state index in [0.717, 1.165) is 62.5 Å². The van der Waals surface area contributed by atoms with Crippen molar-refractivity contribution in [1.29, 1.82) is 0 Å². The highest BCUT2D eigenvalue weighted by molar-refractivity contribution is 14.0. The highest BCUT2D eigenvalue weighted by atomic mass is 127. The molecule has 0 amide bonds. The molecule has 8 nitrogen and oxygen atoms in total. The summed E-state index contributed by atoms with van der Waals surface area (Å²) in [6.45, 7) is 5.02. The topological polar surface area (TPSA) is 85.6 Å². The van der Waals surface area contributed by atoms with Gasteiger partial charge in [-0.3, -0.25) is 4.99 Å². The smallest absolute Gasteiger partial charge is 0.191 e. The van der Waals surface area contributed by atoms with E-state index in [1.165, 1.54) is 25.7 Å². The fraction of sp³-hybridized carbons (Fsp3) is 0.850. The summed E-state index contributed by atoms with van der Waals surface area (Å²) in [6.07, 6.45) is 8.65. The highest BCUT2D eigenvalue weighted by Crippen LogP contribution is 2.30. The minimum Gasteiger partial charge on any atom is -0.378 e. The summed E-state index contributed by atoms with van der Waals surface area (Å²) in [5.41, 5.74) is 0. The van der Waals surface area contributed by atoms with Crippen molar-refractivity contribution in [2.45, 2.75) is 77.2 Å². The summed E-state index contributed by atoms with van der Waals surface area (Å²) in [4.78, 5) is 8.94. The van der Waals surface area contributed by atoms with Gasteiger partial charge in [0.15, 0.2) is 11.8 Å². The average Bonchev–Trinajstić information content (AvgIpc) is 3.36. The second-order valence-corrected chi connectivity index (χ2v) is 7.77. The predicted molar refractivity (Wildman–Crippen MR) is 125 cm³/mol. The van der Waals surface area contributed by atoms with Crippen LogP contribution in [0.5, 0.6) is 0 Å². The zero-order chi connectivity index (χ0) is 19.8. The molecule has 166 valence electrons. The quantitative estimate of drug-likeness (QED) is 0.296. The van der Waals surface area contributed by atoms with Crippen LogP contribution in [0.1, 0.15) is 57.1 Å². The third-order valence-electron chi connectivity index (χ3n) is 5.77. The molecule has 2 atom stereocenters. The van der Waals surface area contributed by atoms with Crippen LogP contribution in [0.2, 0.25) is 0 Å². The van der Waals surface area contributed by atoms with Crippen LogP contribution in [-0.4, -0.2) is 60.2 Å². The number of hydrogen-bond acceptors (Lipinski definition) is 5. The van der Waals surface area contributed by atoms with Crippen molar-refractivity contribution in [3.8, 4) is 0 Å². The summed E-state index contributed by atoms with van der Waals surface area (Å²) in [5.74, 6) is 3.38. The first-order valence-electron chi connectivity index (χ1n) is 10.7. The number of fused-ring (bicyclic) bond motifs is 1. The molecule has 1 aliphatic carbocycles. The highest BCUT2D eigenvalue weighted by Gasteiger charge is 2.26. The van der Waals surface area contributed by atoms with Gasteiger partial charge in [-0.15, -0.1) is 24.0 Å². The van der Waals surface area contributed by atoms with Gasteiger partial charge >= 0.3 is 0 Å². The third-order valence-corrected chi connectivity index (χ3v) is 5.77. The number of aliphatic imine (C=N–C) groups is 1. The first-order chi connectivity index (χ1) is 13.7. The molecule has 29 heavy (non-hydrogen) atoms. The molecule has 9 heteroatoms. The number of nitrogens with one attached hydrogen (secondary N) is 2. The number of rotatable bonds is 9. The van der Waals surface area contributed by atoms with Crippen LogP contribution in [0.25, 0.3) is 0 Å². The largest absolute Gasteiger partial charge is 0.378 e. The monoisotopic (exact) mass is 520 g/mol. The Morgan fingerprint density at radius 2 is 2.10 bits per heavy atom. The molecule has 2 N–H and O–H groups in total. The van der Waals surface area contributed by atoms with Crippen LogP contribution < -0.4 is 10.6 Å². The molecule has 1 aromatic rings. The SMILES string of the molecule is CCOC(CCNC(=NC)NC1CCc2nc(COC)nn2C1)C1CCCC1.I. The van der Waals surface area contributed by atoms with Gasteiger partial charge in [-0.1, -0.05) is 12.8 Å². The number of guanidine groups is 1. The maximum Gasteiger partial charge on any atom is 0.191 e. The van der Waals surface area contributed by atoms with Crippen LogP contribution in [0.4, 0.5) is 0 Å². The standard InChI is InChI=1S/C20H36N6O2.HI/c1-4-28-17(15-7-5-6-8-15)11-12-22-20(21-2)23-16-9-10-19-24-18(14-27-3)25-26(19)13-16;/h15-17H,4-14H2,1-3H3,(H2,21,22,23);1H. The lowest BCUT2D eigenvalue weighted by atomic mass is 9.98. The molecule has 0 spiro atoms. The molecule has 0 radical (unpaired) electrons. The van der Waals surface area contributed by atoms with Crippen LogP contribution >= 0.6 is 24.0 Å². The fourth-order valence-electron chi connectivity index (χ4n) is 4.39. The van der Waals surface area contributed by atoms with E-state index in [0.29, 0.717) is 18.8 Å². The fourth-order valence-corrected chi connectivity index (χ4v) is 4.39. The number of nitrogens with zero attached hydrogens (tertiary/aromatic N) is 4. The zero-order valence-corrected chi connectivity index (χ0v) is 20.4. The van der Waals surface area contributed by atoms with E-state index in [2.05, 4.69) is 32.6 Å². The molecular weight excluding hydrogens is 483 g/mol. The van der Waals surface area contributed by atoms with Gasteiger partial charge in [0.2, 0.25) is 0 Å². The van der Waals surface area contributed by atoms with E-state index in [9.17, 15) is 0 Å². The third kappa shape index (κ3) is 7.06. The Labute approximate surface area is 191 Å². The van der Waals surface area contributed by atoms with E-state index in [4.69, 9.17) is 9.47 Å². The van der Waals surface area contributed by atoms with Gasteiger partial charge in [-0.2, -0.15) is 5.10 Å². The number of hydrogen-bond donors (Lipinski definition) is 2. The van der Waals surface area contributed by atoms with E-state index in [1.54, 1.807) is 7.11 Å². The van der Waals surface area contributed by atoms with Crippen molar-refractivity contribution in [1.82, 2.24) is 25.4 Å². The summed E-state index contributed by atoms with van der Waals surface area (Å²) in [7, 11) is 3.50. The first-order valence-corrected chi connectivity index (χ1v) is 10.7. The van der Waals surface area contributed by atoms with Crippen molar-refractivity contribution in [2.75, 3.05) is 27.3 Å². The van der Waals surface area contributed by atoms with Gasteiger partial charge in [0, 0.05) is 39.8 Å². The summed E-state index contributed by atoms with van der Waals surface area (Å²) in [6, 6.07) is 0.299. The van der Waals surface area contributed by atoms with E-state index in [-0.39, 0.29) is 24.0 Å². The summed E-state index contributed by atoms with van der Waals surface area (Å²) in [5, 5.41) is 11.6. The Hall–Kier alpha value is -0.940. The van der Waals surface area contributed by atoms with Crippen molar-refractivity contribution < 1.29 is 9.47 Å². The number of ether oxygens (including phenoxy) is 2. The summed E-state index contributed by atoms with van der Waals surface area (Å²) >= 11 is 0. The number of aryl methyl sites for hydroxylation is 1. The van der Waals surface area contributed by atoms with Crippen molar-refractivity contribution >= 4 is 29.9 Å². The lowest BCUT2D eigenvalue weighted by molar-refractivity contribution is 0.0169. The lowest BCUT2D eigenvalue weighted by Crippen LogP contribution is -2.47. The molecule has 3 rings (SSSR count). The van der Waals surface area contributed by atoms with E-state index < -0.39 is 0 Å². The summed E-state index contributed by atoms with van der Waals surface area (Å²) < 4.78 is 13.2. The number of methoxy groups -OCH3 is 1. The molecule has 2 heterocycles. The van der Waals surface area contributed by atoms with Crippen LogP contribution in [0.15, 0.2) is 4.99 Å². The predicted octanol–water partition coefficient (Wildman–Crippen LogP) is 2.51. The Kier molecular flexibility index (Phi) is 10.6. The zero-order valence-electron chi connectivity index (χ0n) is 18.0. The van der Waals surface area contributed by atoms with Gasteiger partial charge in [0.05, 0.1) is 12.6 Å². The molecular formula is C20H37IN6O2. The minimum absolute atomic E-state index is 0.